The van der Waals surface area contributed by atoms with Gasteiger partial charge in [-0.3, -0.25) is 14.3 Å². The van der Waals surface area contributed by atoms with Gasteiger partial charge in [-0.05, 0) is 12.1 Å². The number of aromatic nitrogens is 2. The van der Waals surface area contributed by atoms with Gasteiger partial charge in [0.05, 0.1) is 10.9 Å². The summed E-state index contributed by atoms with van der Waals surface area (Å²) in [6.07, 6.45) is 0. The van der Waals surface area contributed by atoms with E-state index in [4.69, 9.17) is 23.2 Å². The van der Waals surface area contributed by atoms with Crippen LogP contribution in [0.15, 0.2) is 21.7 Å². The van der Waals surface area contributed by atoms with Crippen LogP contribution in [0.2, 0.25) is 9.49 Å². The van der Waals surface area contributed by atoms with E-state index in [9.17, 15) is 14.0 Å². The van der Waals surface area contributed by atoms with Crippen molar-refractivity contribution >= 4 is 34.5 Å². The minimum absolute atomic E-state index is 0.0420. The summed E-state index contributed by atoms with van der Waals surface area (Å²) < 4.78 is 14.5. The smallest absolute Gasteiger partial charge is 0.295 e. The number of hydrogen-bond acceptors (Lipinski definition) is 3. The molecule has 0 fully saturated rings. The maximum Gasteiger partial charge on any atom is 0.329 e. The quantitative estimate of drug-likeness (QED) is 0.863. The molecular weight excluding hydrogens is 290 g/mol. The van der Waals surface area contributed by atoms with E-state index in [0.29, 0.717) is 9.21 Å². The van der Waals surface area contributed by atoms with Crippen LogP contribution in [0.4, 0.5) is 4.39 Å². The summed E-state index contributed by atoms with van der Waals surface area (Å²) in [6, 6.07) is 3.29. The molecular formula is C9H5Cl2FN2O2S. The molecule has 0 aliphatic rings. The summed E-state index contributed by atoms with van der Waals surface area (Å²) in [6.45, 7) is -0.0420. The maximum atomic E-state index is 13.2. The van der Waals surface area contributed by atoms with Gasteiger partial charge in [0.1, 0.15) is 0 Å². The molecule has 0 saturated heterocycles. The fraction of sp³-hybridized carbons (Fsp3) is 0.111. The van der Waals surface area contributed by atoms with E-state index in [1.807, 2.05) is 4.98 Å². The highest BCUT2D eigenvalue weighted by molar-refractivity contribution is 7.16. The highest BCUT2D eigenvalue weighted by atomic mass is 35.5. The van der Waals surface area contributed by atoms with E-state index >= 15 is 0 Å². The summed E-state index contributed by atoms with van der Waals surface area (Å²) in [5.41, 5.74) is -1.81. The van der Waals surface area contributed by atoms with E-state index in [0.717, 1.165) is 4.57 Å². The molecule has 0 atom stereocenters. The number of aromatic amines is 1. The molecule has 8 heteroatoms. The number of nitrogens with zero attached hydrogens (tertiary/aromatic N) is 1. The zero-order valence-electron chi connectivity index (χ0n) is 8.17. The van der Waals surface area contributed by atoms with Gasteiger partial charge in [-0.2, -0.15) is 4.39 Å². The Kier molecular flexibility index (Phi) is 3.37. The van der Waals surface area contributed by atoms with Crippen LogP contribution < -0.4 is 11.2 Å². The predicted octanol–water partition coefficient (Wildman–Crippen LogP) is 2.09. The molecule has 0 aliphatic carbocycles. The first kappa shape index (κ1) is 12.3. The third-order valence-corrected chi connectivity index (χ3v) is 3.51. The summed E-state index contributed by atoms with van der Waals surface area (Å²) in [5, 5.41) is -0.583. The van der Waals surface area contributed by atoms with E-state index in [1.165, 1.54) is 11.3 Å². The van der Waals surface area contributed by atoms with E-state index in [1.54, 1.807) is 12.1 Å². The Morgan fingerprint density at radius 3 is 2.65 bits per heavy atom. The average molecular weight is 295 g/mol. The highest BCUT2D eigenvalue weighted by Crippen LogP contribution is 2.21. The van der Waals surface area contributed by atoms with Gasteiger partial charge in [0.15, 0.2) is 5.15 Å². The van der Waals surface area contributed by atoms with Crippen LogP contribution >= 0.6 is 34.5 Å². The van der Waals surface area contributed by atoms with Crippen molar-refractivity contribution in [1.29, 1.82) is 0 Å². The molecule has 0 saturated carbocycles. The number of halogens is 3. The number of rotatable bonds is 2. The van der Waals surface area contributed by atoms with Gasteiger partial charge in [0.2, 0.25) is 5.82 Å². The Labute approximate surface area is 108 Å². The van der Waals surface area contributed by atoms with Crippen molar-refractivity contribution in [3.05, 3.63) is 53.2 Å². The third kappa shape index (κ3) is 2.43. The lowest BCUT2D eigenvalue weighted by Gasteiger charge is -2.03. The molecule has 0 amide bonds. The molecule has 0 aromatic carbocycles. The second kappa shape index (κ2) is 4.64. The van der Waals surface area contributed by atoms with Crippen LogP contribution in [0, 0.1) is 5.82 Å². The molecule has 2 aromatic rings. The summed E-state index contributed by atoms with van der Waals surface area (Å²) in [5.74, 6) is -1.17. The van der Waals surface area contributed by atoms with Crippen molar-refractivity contribution in [3.63, 3.8) is 0 Å². The van der Waals surface area contributed by atoms with Gasteiger partial charge in [-0.15, -0.1) is 11.3 Å². The van der Waals surface area contributed by atoms with E-state index < -0.39 is 22.2 Å². The topological polar surface area (TPSA) is 54.9 Å². The van der Waals surface area contributed by atoms with Crippen LogP contribution in [0.1, 0.15) is 4.88 Å². The number of thiophene rings is 1. The second-order valence-corrected chi connectivity index (χ2v) is 5.33. The van der Waals surface area contributed by atoms with Crippen LogP contribution in [0.25, 0.3) is 0 Å². The molecule has 0 unspecified atom stereocenters. The number of H-pyrrole nitrogens is 1. The van der Waals surface area contributed by atoms with Crippen LogP contribution in [-0.4, -0.2) is 9.55 Å². The SMILES string of the molecule is O=c1[nH]c(Cl)c(F)c(=O)n1Cc1ccc(Cl)s1. The minimum atomic E-state index is -1.17. The second-order valence-electron chi connectivity index (χ2n) is 3.16. The Balaban J connectivity index is 2.50. The highest BCUT2D eigenvalue weighted by Gasteiger charge is 2.13. The van der Waals surface area contributed by atoms with Crippen molar-refractivity contribution in [1.82, 2.24) is 9.55 Å². The van der Waals surface area contributed by atoms with Crippen molar-refractivity contribution in [2.45, 2.75) is 6.54 Å². The lowest BCUT2D eigenvalue weighted by Crippen LogP contribution is -2.37. The molecule has 2 rings (SSSR count). The molecule has 0 radical (unpaired) electrons. The standard InChI is InChI=1S/C9H5Cl2FN2O2S/c10-5-2-1-4(17-5)3-14-8(15)6(12)7(11)13-9(14)16/h1-2H,3H2,(H,13,16). The summed E-state index contributed by atoms with van der Waals surface area (Å²) in [4.78, 5) is 25.6. The molecule has 1 N–H and O–H groups in total. The monoisotopic (exact) mass is 294 g/mol. The largest absolute Gasteiger partial charge is 0.329 e. The summed E-state index contributed by atoms with van der Waals surface area (Å²) in [7, 11) is 0. The van der Waals surface area contributed by atoms with Gasteiger partial charge >= 0.3 is 5.69 Å². The van der Waals surface area contributed by atoms with Crippen LogP contribution in [0.5, 0.6) is 0 Å². The Hall–Kier alpha value is -1.11. The lowest BCUT2D eigenvalue weighted by atomic mass is 10.4. The average Bonchev–Trinajstić information content (AvgIpc) is 2.67. The molecule has 0 bridgehead atoms. The van der Waals surface area contributed by atoms with E-state index in [2.05, 4.69) is 0 Å². The first-order chi connectivity index (χ1) is 7.99. The van der Waals surface area contributed by atoms with Crippen molar-refractivity contribution < 1.29 is 4.39 Å². The molecule has 0 spiro atoms. The van der Waals surface area contributed by atoms with E-state index in [-0.39, 0.29) is 6.54 Å². The first-order valence-corrected chi connectivity index (χ1v) is 5.98. The zero-order valence-corrected chi connectivity index (χ0v) is 10.5. The fourth-order valence-electron chi connectivity index (χ4n) is 1.26. The molecule has 4 nitrogen and oxygen atoms in total. The molecule has 17 heavy (non-hydrogen) atoms. The van der Waals surface area contributed by atoms with Gasteiger partial charge in [0, 0.05) is 4.88 Å². The van der Waals surface area contributed by atoms with Crippen molar-refractivity contribution in [2.75, 3.05) is 0 Å². The zero-order chi connectivity index (χ0) is 12.6. The molecule has 0 aliphatic heterocycles. The maximum absolute atomic E-state index is 13.2. The Morgan fingerprint density at radius 2 is 2.06 bits per heavy atom. The third-order valence-electron chi connectivity index (χ3n) is 2.03. The number of hydrogen-bond donors (Lipinski definition) is 1. The molecule has 2 heterocycles. The van der Waals surface area contributed by atoms with Gasteiger partial charge < -0.3 is 0 Å². The van der Waals surface area contributed by atoms with Crippen LogP contribution in [0.3, 0.4) is 0 Å². The Morgan fingerprint density at radius 1 is 1.35 bits per heavy atom. The summed E-state index contributed by atoms with van der Waals surface area (Å²) >= 11 is 12.3. The van der Waals surface area contributed by atoms with Gasteiger partial charge in [0.25, 0.3) is 5.56 Å². The molecule has 90 valence electrons. The first-order valence-electron chi connectivity index (χ1n) is 4.41. The van der Waals surface area contributed by atoms with Crippen molar-refractivity contribution in [2.24, 2.45) is 0 Å². The normalized spacial score (nSPS) is 10.8. The minimum Gasteiger partial charge on any atom is -0.295 e. The Bertz CT molecular complexity index is 676. The lowest BCUT2D eigenvalue weighted by molar-refractivity contribution is 0.559. The fourth-order valence-corrected chi connectivity index (χ4v) is 2.50. The van der Waals surface area contributed by atoms with Crippen LogP contribution in [-0.2, 0) is 6.54 Å². The van der Waals surface area contributed by atoms with Gasteiger partial charge in [-0.25, -0.2) is 4.79 Å². The van der Waals surface area contributed by atoms with Crippen molar-refractivity contribution in [3.8, 4) is 0 Å². The number of nitrogens with one attached hydrogen (secondary N) is 1. The molecule has 2 aromatic heterocycles. The van der Waals surface area contributed by atoms with Gasteiger partial charge in [-0.1, -0.05) is 23.2 Å². The predicted molar refractivity (Wildman–Crippen MR) is 64.7 cm³/mol.